The van der Waals surface area contributed by atoms with Gasteiger partial charge in [-0.3, -0.25) is 9.36 Å². The summed E-state index contributed by atoms with van der Waals surface area (Å²) in [5.41, 5.74) is 0.0740. The van der Waals surface area contributed by atoms with E-state index >= 15 is 0 Å². The van der Waals surface area contributed by atoms with E-state index in [1.165, 1.54) is 0 Å². The SMILES string of the molecule is CCCn1c(C)ncc(I)c1=O. The highest BCUT2D eigenvalue weighted by Crippen LogP contribution is 1.97. The van der Waals surface area contributed by atoms with E-state index < -0.39 is 0 Å². The highest BCUT2D eigenvalue weighted by Gasteiger charge is 2.02. The van der Waals surface area contributed by atoms with Gasteiger partial charge in [-0.05, 0) is 35.9 Å². The van der Waals surface area contributed by atoms with Crippen molar-refractivity contribution in [3.63, 3.8) is 0 Å². The Morgan fingerprint density at radius 2 is 2.33 bits per heavy atom. The first kappa shape index (κ1) is 9.70. The van der Waals surface area contributed by atoms with E-state index in [0.29, 0.717) is 3.57 Å². The summed E-state index contributed by atoms with van der Waals surface area (Å²) in [6.45, 7) is 4.66. The van der Waals surface area contributed by atoms with Crippen molar-refractivity contribution in [1.29, 1.82) is 0 Å². The minimum Gasteiger partial charge on any atom is -0.296 e. The molecule has 0 bridgehead atoms. The van der Waals surface area contributed by atoms with Crippen LogP contribution < -0.4 is 5.56 Å². The molecule has 0 saturated heterocycles. The summed E-state index contributed by atoms with van der Waals surface area (Å²) in [4.78, 5) is 15.6. The Balaban J connectivity index is 3.24. The van der Waals surface area contributed by atoms with E-state index in [9.17, 15) is 4.79 Å². The molecule has 1 heterocycles. The Labute approximate surface area is 85.0 Å². The predicted molar refractivity (Wildman–Crippen MR) is 56.2 cm³/mol. The standard InChI is InChI=1S/C8H11IN2O/c1-3-4-11-6(2)10-5-7(9)8(11)12/h5H,3-4H2,1-2H3. The molecule has 0 aliphatic carbocycles. The summed E-state index contributed by atoms with van der Waals surface area (Å²) in [7, 11) is 0. The van der Waals surface area contributed by atoms with Gasteiger partial charge in [0.25, 0.3) is 5.56 Å². The van der Waals surface area contributed by atoms with E-state index in [4.69, 9.17) is 0 Å². The van der Waals surface area contributed by atoms with E-state index in [1.807, 2.05) is 36.4 Å². The second kappa shape index (κ2) is 4.02. The number of halogens is 1. The van der Waals surface area contributed by atoms with Gasteiger partial charge in [0, 0.05) is 12.7 Å². The second-order valence-electron chi connectivity index (χ2n) is 2.61. The van der Waals surface area contributed by atoms with Crippen LogP contribution in [0.5, 0.6) is 0 Å². The first-order valence-corrected chi connectivity index (χ1v) is 4.96. The summed E-state index contributed by atoms with van der Waals surface area (Å²) < 4.78 is 2.40. The number of rotatable bonds is 2. The zero-order valence-corrected chi connectivity index (χ0v) is 9.33. The van der Waals surface area contributed by atoms with Crippen LogP contribution in [0, 0.1) is 10.5 Å². The van der Waals surface area contributed by atoms with Crippen molar-refractivity contribution in [3.8, 4) is 0 Å². The maximum absolute atomic E-state index is 11.5. The molecule has 3 nitrogen and oxygen atoms in total. The first-order valence-electron chi connectivity index (χ1n) is 3.88. The fourth-order valence-corrected chi connectivity index (χ4v) is 1.47. The molecule has 0 saturated carbocycles. The summed E-state index contributed by atoms with van der Waals surface area (Å²) in [5.74, 6) is 0.794. The maximum atomic E-state index is 11.5. The fraction of sp³-hybridized carbons (Fsp3) is 0.500. The summed E-state index contributed by atoms with van der Waals surface area (Å²) in [5, 5.41) is 0. The molecule has 4 heteroatoms. The van der Waals surface area contributed by atoms with Crippen molar-refractivity contribution in [2.24, 2.45) is 0 Å². The van der Waals surface area contributed by atoms with Gasteiger partial charge in [0.15, 0.2) is 0 Å². The summed E-state index contributed by atoms with van der Waals surface area (Å²) >= 11 is 2.01. The van der Waals surface area contributed by atoms with Crippen molar-refractivity contribution < 1.29 is 0 Å². The molecule has 0 aromatic carbocycles. The molecule has 0 atom stereocenters. The van der Waals surface area contributed by atoms with Crippen molar-refractivity contribution >= 4 is 22.6 Å². The highest BCUT2D eigenvalue weighted by molar-refractivity contribution is 14.1. The molecular weight excluding hydrogens is 267 g/mol. The van der Waals surface area contributed by atoms with E-state index in [2.05, 4.69) is 4.98 Å². The Kier molecular flexibility index (Phi) is 3.25. The van der Waals surface area contributed by atoms with Crippen molar-refractivity contribution in [1.82, 2.24) is 9.55 Å². The normalized spacial score (nSPS) is 10.2. The topological polar surface area (TPSA) is 34.9 Å². The molecule has 0 fully saturated rings. The quantitative estimate of drug-likeness (QED) is 0.770. The van der Waals surface area contributed by atoms with Crippen LogP contribution in [0.25, 0.3) is 0 Å². The number of hydrogen-bond acceptors (Lipinski definition) is 2. The van der Waals surface area contributed by atoms with Gasteiger partial charge < -0.3 is 0 Å². The van der Waals surface area contributed by atoms with Crippen molar-refractivity contribution in [3.05, 3.63) is 25.9 Å². The van der Waals surface area contributed by atoms with E-state index in [0.717, 1.165) is 18.8 Å². The minimum atomic E-state index is 0.0740. The van der Waals surface area contributed by atoms with Crippen LogP contribution in [0.3, 0.4) is 0 Å². The summed E-state index contributed by atoms with van der Waals surface area (Å²) in [6.07, 6.45) is 2.58. The first-order chi connectivity index (χ1) is 5.66. The Morgan fingerprint density at radius 1 is 1.67 bits per heavy atom. The molecule has 0 radical (unpaired) electrons. The minimum absolute atomic E-state index is 0.0740. The Bertz CT molecular complexity index is 332. The van der Waals surface area contributed by atoms with Crippen LogP contribution in [0.2, 0.25) is 0 Å². The van der Waals surface area contributed by atoms with Gasteiger partial charge in [-0.15, -0.1) is 0 Å². The fourth-order valence-electron chi connectivity index (χ4n) is 1.04. The third kappa shape index (κ3) is 1.85. The largest absolute Gasteiger partial charge is 0.296 e. The van der Waals surface area contributed by atoms with Gasteiger partial charge >= 0.3 is 0 Å². The van der Waals surface area contributed by atoms with Crippen LogP contribution >= 0.6 is 22.6 Å². The molecule has 0 amide bonds. The smallest absolute Gasteiger partial charge is 0.266 e. The summed E-state index contributed by atoms with van der Waals surface area (Å²) in [6, 6.07) is 0. The molecule has 0 N–H and O–H groups in total. The molecular formula is C8H11IN2O. The molecule has 12 heavy (non-hydrogen) atoms. The molecule has 0 unspecified atom stereocenters. The van der Waals surface area contributed by atoms with E-state index in [1.54, 1.807) is 10.8 Å². The van der Waals surface area contributed by atoms with Gasteiger partial charge in [-0.2, -0.15) is 0 Å². The van der Waals surface area contributed by atoms with Gasteiger partial charge in [-0.1, -0.05) is 6.92 Å². The predicted octanol–water partition coefficient (Wildman–Crippen LogP) is 1.57. The number of hydrogen-bond donors (Lipinski definition) is 0. The van der Waals surface area contributed by atoms with Gasteiger partial charge in [0.05, 0.1) is 3.57 Å². The van der Waals surface area contributed by atoms with Gasteiger partial charge in [-0.25, -0.2) is 4.98 Å². The molecule has 1 aromatic heterocycles. The highest BCUT2D eigenvalue weighted by atomic mass is 127. The molecule has 0 aliphatic rings. The lowest BCUT2D eigenvalue weighted by Crippen LogP contribution is -2.25. The van der Waals surface area contributed by atoms with Gasteiger partial charge in [0.2, 0.25) is 0 Å². The lowest BCUT2D eigenvalue weighted by atomic mass is 10.4. The molecule has 0 aliphatic heterocycles. The third-order valence-corrected chi connectivity index (χ3v) is 2.39. The second-order valence-corrected chi connectivity index (χ2v) is 3.77. The molecule has 1 rings (SSSR count). The molecule has 0 spiro atoms. The van der Waals surface area contributed by atoms with E-state index in [-0.39, 0.29) is 5.56 Å². The van der Waals surface area contributed by atoms with Crippen molar-refractivity contribution in [2.75, 3.05) is 0 Å². The number of aryl methyl sites for hydroxylation is 1. The lowest BCUT2D eigenvalue weighted by molar-refractivity contribution is 0.614. The number of nitrogens with zero attached hydrogens (tertiary/aromatic N) is 2. The monoisotopic (exact) mass is 278 g/mol. The van der Waals surface area contributed by atoms with Crippen LogP contribution in [-0.4, -0.2) is 9.55 Å². The lowest BCUT2D eigenvalue weighted by Gasteiger charge is -2.06. The Morgan fingerprint density at radius 3 is 2.92 bits per heavy atom. The molecule has 1 aromatic rings. The van der Waals surface area contributed by atoms with Crippen molar-refractivity contribution in [2.45, 2.75) is 26.8 Å². The van der Waals surface area contributed by atoms with Crippen LogP contribution in [-0.2, 0) is 6.54 Å². The van der Waals surface area contributed by atoms with Crippen LogP contribution in [0.15, 0.2) is 11.0 Å². The third-order valence-electron chi connectivity index (χ3n) is 1.65. The zero-order valence-electron chi connectivity index (χ0n) is 7.17. The van der Waals surface area contributed by atoms with Crippen LogP contribution in [0.4, 0.5) is 0 Å². The Hall–Kier alpha value is -0.390. The average molecular weight is 278 g/mol. The van der Waals surface area contributed by atoms with Crippen LogP contribution in [0.1, 0.15) is 19.2 Å². The maximum Gasteiger partial charge on any atom is 0.266 e. The average Bonchev–Trinajstić information content (AvgIpc) is 2.06. The molecule has 66 valence electrons. The number of aromatic nitrogens is 2. The van der Waals surface area contributed by atoms with Gasteiger partial charge in [0.1, 0.15) is 5.82 Å². The zero-order chi connectivity index (χ0) is 9.14.